The van der Waals surface area contributed by atoms with Crippen LogP contribution >= 0.6 is 15.9 Å². The topological polar surface area (TPSA) is 82.0 Å². The Labute approximate surface area is 154 Å². The van der Waals surface area contributed by atoms with Crippen molar-refractivity contribution in [3.63, 3.8) is 0 Å². The third-order valence-electron chi connectivity index (χ3n) is 3.27. The van der Waals surface area contributed by atoms with Crippen LogP contribution in [0.1, 0.15) is 0 Å². The molecule has 0 aliphatic heterocycles. The van der Waals surface area contributed by atoms with Crippen LogP contribution in [0.2, 0.25) is 0 Å². The summed E-state index contributed by atoms with van der Waals surface area (Å²) < 4.78 is 18.4. The lowest BCUT2D eigenvalue weighted by Gasteiger charge is -2.15. The van der Waals surface area contributed by atoms with Crippen molar-refractivity contribution in [3.05, 3.63) is 45.3 Å². The fourth-order valence-corrected chi connectivity index (χ4v) is 2.66. The lowest BCUT2D eigenvalue weighted by molar-refractivity contribution is 0.141. The molecule has 0 saturated carbocycles. The Morgan fingerprint density at radius 1 is 1.16 bits per heavy atom. The zero-order valence-electron chi connectivity index (χ0n) is 14.1. The standard InChI is InChI=1S/C17H21BrN2O5/c1-20-11-12(18)9-14(17(20)22)19-13-3-4-15(24-6-5-21)16(10-13)25-8-7-23-2/h3-4,9-11,19,21H,5-8H2,1-2H3. The quantitative estimate of drug-likeness (QED) is 0.614. The number of hydrogen-bond donors (Lipinski definition) is 2. The SMILES string of the molecule is COCCOc1cc(Nc2cc(Br)cn(C)c2=O)ccc1OCCO. The van der Waals surface area contributed by atoms with E-state index in [1.54, 1.807) is 44.6 Å². The lowest BCUT2D eigenvalue weighted by atomic mass is 10.2. The fourth-order valence-electron chi connectivity index (χ4n) is 2.12. The third kappa shape index (κ3) is 5.48. The number of halogens is 1. The molecule has 0 unspecified atom stereocenters. The van der Waals surface area contributed by atoms with Gasteiger partial charge in [0.15, 0.2) is 11.5 Å². The molecule has 0 aliphatic rings. The molecule has 0 bridgehead atoms. The highest BCUT2D eigenvalue weighted by molar-refractivity contribution is 9.10. The summed E-state index contributed by atoms with van der Waals surface area (Å²) in [5.74, 6) is 1.01. The summed E-state index contributed by atoms with van der Waals surface area (Å²) in [6.45, 7) is 0.864. The molecular weight excluding hydrogens is 392 g/mol. The number of benzene rings is 1. The Morgan fingerprint density at radius 2 is 1.92 bits per heavy atom. The van der Waals surface area contributed by atoms with E-state index >= 15 is 0 Å². The molecule has 0 saturated heterocycles. The molecule has 1 heterocycles. The van der Waals surface area contributed by atoms with Crippen molar-refractivity contribution >= 4 is 27.3 Å². The van der Waals surface area contributed by atoms with Gasteiger partial charge in [-0.1, -0.05) is 0 Å². The first-order valence-corrected chi connectivity index (χ1v) is 8.47. The van der Waals surface area contributed by atoms with Crippen LogP contribution in [0.5, 0.6) is 11.5 Å². The predicted molar refractivity (Wildman–Crippen MR) is 99.1 cm³/mol. The van der Waals surface area contributed by atoms with Crippen molar-refractivity contribution in [2.24, 2.45) is 7.05 Å². The van der Waals surface area contributed by atoms with E-state index in [1.165, 1.54) is 4.57 Å². The molecule has 0 radical (unpaired) electrons. The highest BCUT2D eigenvalue weighted by Crippen LogP contribution is 2.31. The number of aliphatic hydroxyl groups is 1. The van der Waals surface area contributed by atoms with Crippen LogP contribution in [0.15, 0.2) is 39.7 Å². The zero-order valence-corrected chi connectivity index (χ0v) is 15.7. The first kappa shape index (κ1) is 19.3. The number of hydrogen-bond acceptors (Lipinski definition) is 6. The summed E-state index contributed by atoms with van der Waals surface area (Å²) in [5.41, 5.74) is 0.966. The van der Waals surface area contributed by atoms with Gasteiger partial charge >= 0.3 is 0 Å². The summed E-state index contributed by atoms with van der Waals surface area (Å²) in [7, 11) is 3.27. The number of pyridine rings is 1. The first-order valence-electron chi connectivity index (χ1n) is 7.67. The van der Waals surface area contributed by atoms with Gasteiger partial charge in [-0.25, -0.2) is 0 Å². The summed E-state index contributed by atoms with van der Waals surface area (Å²) in [5, 5.41) is 12.0. The van der Waals surface area contributed by atoms with E-state index in [0.717, 1.165) is 4.47 Å². The number of aromatic nitrogens is 1. The van der Waals surface area contributed by atoms with E-state index in [9.17, 15) is 4.79 Å². The van der Waals surface area contributed by atoms with E-state index < -0.39 is 0 Å². The Bertz CT molecular complexity index is 763. The van der Waals surface area contributed by atoms with Gasteiger partial charge in [-0.05, 0) is 34.1 Å². The maximum absolute atomic E-state index is 12.2. The smallest absolute Gasteiger partial charge is 0.274 e. The van der Waals surface area contributed by atoms with E-state index in [0.29, 0.717) is 36.1 Å². The van der Waals surface area contributed by atoms with Gasteiger partial charge in [0.05, 0.1) is 13.2 Å². The second kappa shape index (κ2) is 9.45. The van der Waals surface area contributed by atoms with Crippen LogP contribution in [0.3, 0.4) is 0 Å². The molecule has 136 valence electrons. The van der Waals surface area contributed by atoms with Crippen molar-refractivity contribution in [1.29, 1.82) is 0 Å². The number of nitrogens with one attached hydrogen (secondary N) is 1. The van der Waals surface area contributed by atoms with Crippen molar-refractivity contribution in [3.8, 4) is 11.5 Å². The number of aryl methyl sites for hydroxylation is 1. The van der Waals surface area contributed by atoms with Crippen molar-refractivity contribution in [2.45, 2.75) is 0 Å². The highest BCUT2D eigenvalue weighted by Gasteiger charge is 2.09. The monoisotopic (exact) mass is 412 g/mol. The minimum Gasteiger partial charge on any atom is -0.487 e. The molecule has 0 atom stereocenters. The average Bonchev–Trinajstić information content (AvgIpc) is 2.58. The minimum atomic E-state index is -0.148. The number of ether oxygens (including phenoxy) is 3. The Kier molecular flexibility index (Phi) is 7.30. The molecule has 2 rings (SSSR count). The van der Waals surface area contributed by atoms with Crippen molar-refractivity contribution in [1.82, 2.24) is 4.57 Å². The van der Waals surface area contributed by atoms with E-state index in [2.05, 4.69) is 21.2 Å². The molecule has 1 aromatic heterocycles. The molecule has 0 fully saturated rings. The molecule has 25 heavy (non-hydrogen) atoms. The first-order chi connectivity index (χ1) is 12.0. The second-order valence-electron chi connectivity index (χ2n) is 5.19. The molecular formula is C17H21BrN2O5. The van der Waals surface area contributed by atoms with Gasteiger partial charge in [-0.15, -0.1) is 0 Å². The predicted octanol–water partition coefficient (Wildman–Crippen LogP) is 2.29. The van der Waals surface area contributed by atoms with E-state index in [4.69, 9.17) is 19.3 Å². The number of aliphatic hydroxyl groups excluding tert-OH is 1. The maximum Gasteiger partial charge on any atom is 0.274 e. The van der Waals surface area contributed by atoms with E-state index in [1.807, 2.05) is 0 Å². The van der Waals surface area contributed by atoms with Crippen LogP contribution in [0.4, 0.5) is 11.4 Å². The highest BCUT2D eigenvalue weighted by atomic mass is 79.9. The number of nitrogens with zero attached hydrogens (tertiary/aromatic N) is 1. The van der Waals surface area contributed by atoms with E-state index in [-0.39, 0.29) is 18.8 Å². The minimum absolute atomic E-state index is 0.0917. The number of methoxy groups -OCH3 is 1. The summed E-state index contributed by atoms with van der Waals surface area (Å²) in [6.07, 6.45) is 1.69. The maximum atomic E-state index is 12.2. The molecule has 1 aromatic carbocycles. The van der Waals surface area contributed by atoms with Gasteiger partial charge in [0.25, 0.3) is 5.56 Å². The normalized spacial score (nSPS) is 10.6. The molecule has 0 spiro atoms. The van der Waals surface area contributed by atoms with Crippen molar-refractivity contribution in [2.75, 3.05) is 38.9 Å². The molecule has 0 aliphatic carbocycles. The van der Waals surface area contributed by atoms with Crippen molar-refractivity contribution < 1.29 is 19.3 Å². The van der Waals surface area contributed by atoms with Gasteiger partial charge < -0.3 is 29.2 Å². The largest absolute Gasteiger partial charge is 0.487 e. The molecule has 2 N–H and O–H groups in total. The van der Waals surface area contributed by atoms with Gasteiger partial charge in [0.2, 0.25) is 0 Å². The third-order valence-corrected chi connectivity index (χ3v) is 3.70. The van der Waals surface area contributed by atoms with Crippen LogP contribution in [-0.4, -0.2) is 43.2 Å². The number of rotatable bonds is 9. The average molecular weight is 413 g/mol. The Hall–Kier alpha value is -2.03. The molecule has 0 amide bonds. The zero-order chi connectivity index (χ0) is 18.2. The van der Waals surface area contributed by atoms with Crippen LogP contribution in [0, 0.1) is 0 Å². The Balaban J connectivity index is 2.26. The number of anilines is 2. The van der Waals surface area contributed by atoms with Gasteiger partial charge in [0, 0.05) is 36.6 Å². The summed E-state index contributed by atoms with van der Waals surface area (Å²) in [6, 6.07) is 6.95. The van der Waals surface area contributed by atoms with Crippen LogP contribution < -0.4 is 20.3 Å². The summed E-state index contributed by atoms with van der Waals surface area (Å²) in [4.78, 5) is 12.2. The van der Waals surface area contributed by atoms with Gasteiger partial charge in [-0.3, -0.25) is 4.79 Å². The molecule has 2 aromatic rings. The van der Waals surface area contributed by atoms with Gasteiger partial charge in [-0.2, -0.15) is 0 Å². The second-order valence-corrected chi connectivity index (χ2v) is 6.10. The molecule has 7 nitrogen and oxygen atoms in total. The summed E-state index contributed by atoms with van der Waals surface area (Å²) >= 11 is 3.38. The van der Waals surface area contributed by atoms with Gasteiger partial charge in [0.1, 0.15) is 18.9 Å². The Morgan fingerprint density at radius 3 is 2.64 bits per heavy atom. The van der Waals surface area contributed by atoms with Crippen LogP contribution in [0.25, 0.3) is 0 Å². The fraction of sp³-hybridized carbons (Fsp3) is 0.353. The molecule has 8 heteroatoms. The van der Waals surface area contributed by atoms with Crippen LogP contribution in [-0.2, 0) is 11.8 Å². The lowest BCUT2D eigenvalue weighted by Crippen LogP contribution is -2.19.